The number of tetrazole rings is 1. The second-order valence-corrected chi connectivity index (χ2v) is 4.34. The molecule has 0 atom stereocenters. The first kappa shape index (κ1) is 12.5. The molecule has 2 aromatic rings. The lowest BCUT2D eigenvalue weighted by Crippen LogP contribution is -2.36. The van der Waals surface area contributed by atoms with Gasteiger partial charge in [-0.25, -0.2) is 0 Å². The fourth-order valence-electron chi connectivity index (χ4n) is 2.02. The third-order valence-corrected chi connectivity index (χ3v) is 3.05. The highest BCUT2D eigenvalue weighted by molar-refractivity contribution is 6.01. The lowest BCUT2D eigenvalue weighted by Gasteiger charge is -2.28. The third-order valence-electron chi connectivity index (χ3n) is 3.05. The minimum Gasteiger partial charge on any atom is -0.378 e. The molecule has 1 amide bonds. The van der Waals surface area contributed by atoms with Crippen LogP contribution < -0.4 is 10.2 Å². The fourth-order valence-corrected chi connectivity index (χ4v) is 2.02. The summed E-state index contributed by atoms with van der Waals surface area (Å²) >= 11 is 0. The highest BCUT2D eigenvalue weighted by atomic mass is 16.5. The molecule has 0 bridgehead atoms. The molecule has 1 aromatic carbocycles. The Balaban J connectivity index is 1.65. The number of morpholine rings is 1. The van der Waals surface area contributed by atoms with Gasteiger partial charge in [-0.2, -0.15) is 5.21 Å². The molecule has 1 fully saturated rings. The Labute approximate surface area is 115 Å². The number of aromatic nitrogens is 4. The number of aromatic amines is 1. The summed E-state index contributed by atoms with van der Waals surface area (Å²) < 4.78 is 5.32. The number of H-pyrrole nitrogens is 1. The normalized spacial score (nSPS) is 15.1. The van der Waals surface area contributed by atoms with Crippen molar-refractivity contribution in [2.75, 3.05) is 36.5 Å². The largest absolute Gasteiger partial charge is 0.378 e. The second-order valence-electron chi connectivity index (χ2n) is 4.34. The Bertz CT molecular complexity index is 562. The first-order valence-electron chi connectivity index (χ1n) is 6.30. The third kappa shape index (κ3) is 2.75. The predicted octanol–water partition coefficient (Wildman–Crippen LogP) is 0.289. The minimum atomic E-state index is -0.391. The molecule has 0 spiro atoms. The summed E-state index contributed by atoms with van der Waals surface area (Å²) in [5.41, 5.74) is 1.81. The van der Waals surface area contributed by atoms with Gasteiger partial charge in [-0.05, 0) is 29.5 Å². The number of hydrogen-bond donors (Lipinski definition) is 2. The number of carbonyl (C=O) groups is 1. The number of ether oxygens (including phenoxy) is 1. The smallest absolute Gasteiger partial charge is 0.297 e. The van der Waals surface area contributed by atoms with Crippen LogP contribution in [0, 0.1) is 0 Å². The highest BCUT2D eigenvalue weighted by Crippen LogP contribution is 2.19. The fraction of sp³-hybridized carbons (Fsp3) is 0.333. The van der Waals surface area contributed by atoms with Gasteiger partial charge in [0.2, 0.25) is 0 Å². The summed E-state index contributed by atoms with van der Waals surface area (Å²) in [6.07, 6.45) is 0. The van der Waals surface area contributed by atoms with Crippen molar-refractivity contribution in [3.63, 3.8) is 0 Å². The number of anilines is 2. The highest BCUT2D eigenvalue weighted by Gasteiger charge is 2.13. The molecule has 20 heavy (non-hydrogen) atoms. The summed E-state index contributed by atoms with van der Waals surface area (Å²) in [6, 6.07) is 7.64. The van der Waals surface area contributed by atoms with E-state index in [1.807, 2.05) is 24.3 Å². The molecule has 1 aliphatic rings. The lowest BCUT2D eigenvalue weighted by atomic mass is 10.2. The summed E-state index contributed by atoms with van der Waals surface area (Å²) in [7, 11) is 0. The van der Waals surface area contributed by atoms with Crippen LogP contribution in [0.3, 0.4) is 0 Å². The molecule has 0 unspecified atom stereocenters. The molecule has 2 heterocycles. The van der Waals surface area contributed by atoms with Crippen LogP contribution in [0.4, 0.5) is 11.4 Å². The number of benzene rings is 1. The van der Waals surface area contributed by atoms with E-state index in [0.717, 1.165) is 32.0 Å². The van der Waals surface area contributed by atoms with E-state index >= 15 is 0 Å². The van der Waals surface area contributed by atoms with Gasteiger partial charge < -0.3 is 15.0 Å². The molecule has 1 aromatic heterocycles. The SMILES string of the molecule is O=C(Nc1ccc(N2CCOCC2)cc1)c1nn[nH]n1. The zero-order chi connectivity index (χ0) is 13.8. The topological polar surface area (TPSA) is 96.0 Å². The molecule has 1 saturated heterocycles. The average molecular weight is 274 g/mol. The van der Waals surface area contributed by atoms with Gasteiger partial charge in [0, 0.05) is 24.5 Å². The van der Waals surface area contributed by atoms with Crippen molar-refractivity contribution >= 4 is 17.3 Å². The van der Waals surface area contributed by atoms with Crippen LogP contribution in [0.2, 0.25) is 0 Å². The summed E-state index contributed by atoms with van der Waals surface area (Å²) in [6.45, 7) is 3.26. The first-order chi connectivity index (χ1) is 9.83. The molecular formula is C12H14N6O2. The van der Waals surface area contributed by atoms with Gasteiger partial charge in [0.1, 0.15) is 0 Å². The maximum Gasteiger partial charge on any atom is 0.297 e. The van der Waals surface area contributed by atoms with Crippen molar-refractivity contribution in [2.45, 2.75) is 0 Å². The van der Waals surface area contributed by atoms with Gasteiger partial charge in [-0.1, -0.05) is 0 Å². The molecule has 104 valence electrons. The first-order valence-corrected chi connectivity index (χ1v) is 6.30. The molecular weight excluding hydrogens is 260 g/mol. The number of nitrogens with zero attached hydrogens (tertiary/aromatic N) is 4. The van der Waals surface area contributed by atoms with Crippen LogP contribution in [0.15, 0.2) is 24.3 Å². The molecule has 1 aliphatic heterocycles. The molecule has 8 heteroatoms. The van der Waals surface area contributed by atoms with Crippen LogP contribution >= 0.6 is 0 Å². The van der Waals surface area contributed by atoms with Gasteiger partial charge in [-0.15, -0.1) is 10.2 Å². The standard InChI is InChI=1S/C12H14N6O2/c19-12(11-14-16-17-15-11)13-9-1-3-10(4-2-9)18-5-7-20-8-6-18/h1-4H,5-8H2,(H,13,19)(H,14,15,16,17). The average Bonchev–Trinajstić information content (AvgIpc) is 3.03. The Morgan fingerprint density at radius 3 is 2.65 bits per heavy atom. The number of rotatable bonds is 3. The van der Waals surface area contributed by atoms with Crippen molar-refractivity contribution in [3.05, 3.63) is 30.1 Å². The zero-order valence-electron chi connectivity index (χ0n) is 10.7. The van der Waals surface area contributed by atoms with E-state index in [2.05, 4.69) is 30.8 Å². The Kier molecular flexibility index (Phi) is 3.55. The van der Waals surface area contributed by atoms with Crippen LogP contribution in [0.1, 0.15) is 10.6 Å². The van der Waals surface area contributed by atoms with Gasteiger partial charge in [0.25, 0.3) is 11.7 Å². The Hall–Kier alpha value is -2.48. The molecule has 3 rings (SSSR count). The minimum absolute atomic E-state index is 0.0160. The van der Waals surface area contributed by atoms with Gasteiger partial charge in [0.05, 0.1) is 13.2 Å². The predicted molar refractivity (Wildman–Crippen MR) is 71.6 cm³/mol. The van der Waals surface area contributed by atoms with E-state index in [0.29, 0.717) is 5.69 Å². The number of carbonyl (C=O) groups excluding carboxylic acids is 1. The quantitative estimate of drug-likeness (QED) is 0.835. The van der Waals surface area contributed by atoms with Crippen LogP contribution in [-0.2, 0) is 4.74 Å². The maximum absolute atomic E-state index is 11.7. The van der Waals surface area contributed by atoms with Crippen molar-refractivity contribution in [1.29, 1.82) is 0 Å². The molecule has 2 N–H and O–H groups in total. The second kappa shape index (κ2) is 5.66. The molecule has 0 radical (unpaired) electrons. The van der Waals surface area contributed by atoms with E-state index in [1.165, 1.54) is 0 Å². The summed E-state index contributed by atoms with van der Waals surface area (Å²) in [5.74, 6) is -0.375. The zero-order valence-corrected chi connectivity index (χ0v) is 10.7. The molecule has 0 saturated carbocycles. The van der Waals surface area contributed by atoms with Crippen molar-refractivity contribution in [2.24, 2.45) is 0 Å². The lowest BCUT2D eigenvalue weighted by molar-refractivity contribution is 0.101. The van der Waals surface area contributed by atoms with E-state index in [-0.39, 0.29) is 5.82 Å². The summed E-state index contributed by atoms with van der Waals surface area (Å²) in [4.78, 5) is 14.0. The van der Waals surface area contributed by atoms with Crippen LogP contribution in [-0.4, -0.2) is 52.8 Å². The Morgan fingerprint density at radius 2 is 2.00 bits per heavy atom. The van der Waals surface area contributed by atoms with Gasteiger partial charge in [-0.3, -0.25) is 4.79 Å². The molecule has 0 aliphatic carbocycles. The van der Waals surface area contributed by atoms with Crippen molar-refractivity contribution in [1.82, 2.24) is 20.6 Å². The Morgan fingerprint density at radius 1 is 1.25 bits per heavy atom. The number of hydrogen-bond acceptors (Lipinski definition) is 6. The van der Waals surface area contributed by atoms with Gasteiger partial charge in [0.15, 0.2) is 0 Å². The van der Waals surface area contributed by atoms with Crippen molar-refractivity contribution < 1.29 is 9.53 Å². The summed E-state index contributed by atoms with van der Waals surface area (Å²) in [5, 5.41) is 15.5. The van der Waals surface area contributed by atoms with Crippen LogP contribution in [0.5, 0.6) is 0 Å². The van der Waals surface area contributed by atoms with E-state index in [9.17, 15) is 4.79 Å². The monoisotopic (exact) mass is 274 g/mol. The number of nitrogens with one attached hydrogen (secondary N) is 2. The van der Waals surface area contributed by atoms with Crippen molar-refractivity contribution in [3.8, 4) is 0 Å². The molecule has 8 nitrogen and oxygen atoms in total. The van der Waals surface area contributed by atoms with Crippen LogP contribution in [0.25, 0.3) is 0 Å². The van der Waals surface area contributed by atoms with Gasteiger partial charge >= 0.3 is 0 Å². The van der Waals surface area contributed by atoms with E-state index < -0.39 is 5.91 Å². The maximum atomic E-state index is 11.7. The van der Waals surface area contributed by atoms with E-state index in [4.69, 9.17) is 4.74 Å². The number of amides is 1. The van der Waals surface area contributed by atoms with E-state index in [1.54, 1.807) is 0 Å².